The Morgan fingerprint density at radius 1 is 0.810 bits per heavy atom. The number of para-hydroxylation sites is 1. The molecule has 3 aromatic rings. The van der Waals surface area contributed by atoms with E-state index in [4.69, 9.17) is 8.85 Å². The number of rotatable bonds is 10. The summed E-state index contributed by atoms with van der Waals surface area (Å²) < 4.78 is 27.7. The molecule has 0 aliphatic heterocycles. The Morgan fingerprint density at radius 2 is 1.48 bits per heavy atom. The number of nitrogens with zero attached hydrogens (tertiary/aromatic N) is 2. The highest BCUT2D eigenvalue weighted by Crippen LogP contribution is 2.34. The Morgan fingerprint density at radius 3 is 2.14 bits per heavy atom. The number of amides is 4. The number of hydrogen-bond acceptors (Lipinski definition) is 8. The van der Waals surface area contributed by atoms with Crippen LogP contribution in [0.5, 0.6) is 5.75 Å². The molecule has 12 nitrogen and oxygen atoms in total. The largest absolute Gasteiger partial charge is 0.494 e. The lowest BCUT2D eigenvalue weighted by Gasteiger charge is -2.17. The second kappa shape index (κ2) is 12.7. The quantitative estimate of drug-likeness (QED) is 0.239. The molecule has 0 bridgehead atoms. The highest BCUT2D eigenvalue weighted by atomic mass is 16.5. The van der Waals surface area contributed by atoms with Gasteiger partial charge in [-0.25, -0.2) is 0 Å². The van der Waals surface area contributed by atoms with Gasteiger partial charge in [-0.2, -0.15) is 0 Å². The van der Waals surface area contributed by atoms with Crippen molar-refractivity contribution < 1.29 is 28.0 Å². The first kappa shape index (κ1) is 24.8. The van der Waals surface area contributed by atoms with Crippen molar-refractivity contribution in [3.8, 4) is 5.75 Å². The van der Waals surface area contributed by atoms with E-state index in [0.29, 0.717) is 11.4 Å². The molecule has 1 heterocycles. The zero-order valence-corrected chi connectivity index (χ0v) is 23.0. The Balaban J connectivity index is 1.35. The van der Waals surface area contributed by atoms with Gasteiger partial charge in [-0.05, 0) is 62.1 Å². The molecule has 5 rings (SSSR count). The van der Waals surface area contributed by atoms with Crippen LogP contribution in [0.4, 0.5) is 28.6 Å². The van der Waals surface area contributed by atoms with Crippen LogP contribution < -0.4 is 31.3 Å². The van der Waals surface area contributed by atoms with Crippen molar-refractivity contribution in [2.24, 2.45) is 11.8 Å². The Bertz CT molecular complexity index is 1600. The lowest BCUT2D eigenvalue weighted by molar-refractivity contribution is -0.119. The minimum atomic E-state index is -2.79. The second-order valence-electron chi connectivity index (χ2n) is 10.2. The van der Waals surface area contributed by atoms with Crippen LogP contribution in [0.25, 0.3) is 0 Å². The SMILES string of the molecule is [2H]C([2H])([2H])NC(=O)c1nnc(NC(=O)C2CC2)cc1Nc1cccc(C(=O)Nc2ccc(NC(=O)C3CCCC3)cc2)c1OC. The molecule has 5 N–H and O–H groups in total. The minimum absolute atomic E-state index is 0.000746. The van der Waals surface area contributed by atoms with Crippen LogP contribution in [0.2, 0.25) is 0 Å². The Kier molecular flexibility index (Phi) is 7.47. The van der Waals surface area contributed by atoms with E-state index >= 15 is 0 Å². The molecule has 12 heteroatoms. The first-order valence-electron chi connectivity index (χ1n) is 15.2. The molecule has 218 valence electrons. The maximum Gasteiger partial charge on any atom is 0.273 e. The predicted octanol–water partition coefficient (Wildman–Crippen LogP) is 4.32. The fourth-order valence-electron chi connectivity index (χ4n) is 4.80. The number of carbonyl (C=O) groups is 4. The molecule has 1 aromatic heterocycles. The molecule has 0 unspecified atom stereocenters. The van der Waals surface area contributed by atoms with Crippen LogP contribution in [0.15, 0.2) is 48.5 Å². The third kappa shape index (κ3) is 6.65. The molecular weight excluding hydrogens is 538 g/mol. The summed E-state index contributed by atoms with van der Waals surface area (Å²) in [5.41, 5.74) is 1.18. The van der Waals surface area contributed by atoms with Crippen LogP contribution in [0.3, 0.4) is 0 Å². The summed E-state index contributed by atoms with van der Waals surface area (Å²) in [6, 6.07) is 12.8. The molecule has 4 amide bonds. The van der Waals surface area contributed by atoms with Crippen molar-refractivity contribution >= 4 is 52.2 Å². The van der Waals surface area contributed by atoms with Crippen molar-refractivity contribution in [1.82, 2.24) is 15.5 Å². The van der Waals surface area contributed by atoms with Crippen LogP contribution in [-0.4, -0.2) is 47.9 Å². The van der Waals surface area contributed by atoms with Gasteiger partial charge in [-0.1, -0.05) is 18.9 Å². The van der Waals surface area contributed by atoms with Gasteiger partial charge in [0.1, 0.15) is 0 Å². The highest BCUT2D eigenvalue weighted by molar-refractivity contribution is 6.08. The number of carbonyl (C=O) groups excluding carboxylic acids is 4. The summed E-state index contributed by atoms with van der Waals surface area (Å²) in [6.07, 6.45) is 5.42. The molecule has 2 aromatic carbocycles. The van der Waals surface area contributed by atoms with E-state index in [1.54, 1.807) is 42.5 Å². The summed E-state index contributed by atoms with van der Waals surface area (Å²) in [4.78, 5) is 50.9. The van der Waals surface area contributed by atoms with E-state index in [0.717, 1.165) is 38.5 Å². The van der Waals surface area contributed by atoms with Crippen molar-refractivity contribution in [3.05, 3.63) is 59.8 Å². The monoisotopic (exact) mass is 574 g/mol. The molecular formula is C30H33N7O5. The van der Waals surface area contributed by atoms with E-state index in [2.05, 4.69) is 31.5 Å². The number of anilines is 5. The van der Waals surface area contributed by atoms with Crippen molar-refractivity contribution in [1.29, 1.82) is 0 Å². The van der Waals surface area contributed by atoms with Gasteiger partial charge < -0.3 is 31.3 Å². The van der Waals surface area contributed by atoms with Crippen LogP contribution in [-0.2, 0) is 9.59 Å². The highest BCUT2D eigenvalue weighted by Gasteiger charge is 2.30. The van der Waals surface area contributed by atoms with Gasteiger partial charge in [0.2, 0.25) is 11.8 Å². The summed E-state index contributed by atoms with van der Waals surface area (Å²) in [5, 5.41) is 21.0. The third-order valence-electron chi connectivity index (χ3n) is 7.19. The summed E-state index contributed by atoms with van der Waals surface area (Å²) >= 11 is 0. The molecule has 2 aliphatic carbocycles. The minimum Gasteiger partial charge on any atom is -0.494 e. The maximum absolute atomic E-state index is 13.3. The molecule has 42 heavy (non-hydrogen) atoms. The average molecular weight is 575 g/mol. The lowest BCUT2D eigenvalue weighted by atomic mass is 10.1. The predicted molar refractivity (Wildman–Crippen MR) is 158 cm³/mol. The average Bonchev–Trinajstić information content (AvgIpc) is 3.70. The van der Waals surface area contributed by atoms with Gasteiger partial charge >= 0.3 is 0 Å². The number of benzene rings is 2. The first-order chi connectivity index (χ1) is 21.5. The molecule has 0 atom stereocenters. The van der Waals surface area contributed by atoms with Crippen LogP contribution >= 0.6 is 0 Å². The summed E-state index contributed by atoms with van der Waals surface area (Å²) in [7, 11) is 1.37. The van der Waals surface area contributed by atoms with Crippen molar-refractivity contribution in [2.45, 2.75) is 38.5 Å². The van der Waals surface area contributed by atoms with Gasteiger partial charge in [0.15, 0.2) is 17.3 Å². The topological polar surface area (TPSA) is 163 Å². The fourth-order valence-corrected chi connectivity index (χ4v) is 4.80. The van der Waals surface area contributed by atoms with Crippen LogP contribution in [0, 0.1) is 11.8 Å². The number of nitrogens with one attached hydrogen (secondary N) is 5. The number of aromatic nitrogens is 2. The number of hydrogen-bond donors (Lipinski definition) is 5. The van der Waals surface area contributed by atoms with E-state index < -0.39 is 18.8 Å². The zero-order valence-electron chi connectivity index (χ0n) is 26.0. The molecule has 2 saturated carbocycles. The van der Waals surface area contributed by atoms with Crippen LogP contribution in [0.1, 0.15) is 63.5 Å². The summed E-state index contributed by atoms with van der Waals surface area (Å²) in [5.74, 6) is -1.68. The van der Waals surface area contributed by atoms with Gasteiger partial charge in [0, 0.05) is 40.4 Å². The molecule has 0 saturated heterocycles. The molecule has 2 aliphatic rings. The maximum atomic E-state index is 13.3. The van der Waals surface area contributed by atoms with E-state index in [9.17, 15) is 19.2 Å². The fraction of sp³-hybridized carbons (Fsp3) is 0.333. The Labute approximate surface area is 247 Å². The molecule has 0 radical (unpaired) electrons. The van der Waals surface area contributed by atoms with E-state index in [1.165, 1.54) is 13.2 Å². The van der Waals surface area contributed by atoms with Crippen molar-refractivity contribution in [3.63, 3.8) is 0 Å². The van der Waals surface area contributed by atoms with E-state index in [1.807, 2.05) is 5.32 Å². The van der Waals surface area contributed by atoms with Gasteiger partial charge in [0.25, 0.3) is 11.8 Å². The smallest absolute Gasteiger partial charge is 0.273 e. The zero-order chi connectivity index (χ0) is 32.1. The normalized spacial score (nSPS) is 15.9. The second-order valence-corrected chi connectivity index (χ2v) is 10.2. The van der Waals surface area contributed by atoms with Gasteiger partial charge in [-0.3, -0.25) is 19.2 Å². The third-order valence-corrected chi connectivity index (χ3v) is 7.19. The van der Waals surface area contributed by atoms with E-state index in [-0.39, 0.29) is 57.8 Å². The van der Waals surface area contributed by atoms with Gasteiger partial charge in [-0.15, -0.1) is 10.2 Å². The summed E-state index contributed by atoms with van der Waals surface area (Å²) in [6.45, 7) is -2.79. The first-order valence-corrected chi connectivity index (χ1v) is 13.7. The van der Waals surface area contributed by atoms with Crippen molar-refractivity contribution in [2.75, 3.05) is 35.4 Å². The van der Waals surface area contributed by atoms with Gasteiger partial charge in [0.05, 0.1) is 24.0 Å². The molecule has 0 spiro atoms. The Hall–Kier alpha value is -5.00. The number of methoxy groups -OCH3 is 1. The standard InChI is InChI=1S/C30H33N7O5/c1-31-30(41)25-23(16-24(36-37-25)35-28(39)18-10-11-18)34-22-9-5-8-21(26(22)42-2)29(40)33-20-14-12-19(13-15-20)32-27(38)17-6-3-4-7-17/h5,8-9,12-18H,3-4,6-7,10-11H2,1-2H3,(H,31,41)(H,32,38)(H,33,40)(H2,34,35,36,39)/i1D3. The molecule has 2 fully saturated rings. The lowest BCUT2D eigenvalue weighted by Crippen LogP contribution is -2.22. The number of ether oxygens (including phenoxy) is 1.